The Bertz CT molecular complexity index is 2190. The Kier molecular flexibility index (Phi) is 5.23. The summed E-state index contributed by atoms with van der Waals surface area (Å²) in [6, 6.07) is 45.3. The van der Waals surface area contributed by atoms with Gasteiger partial charge in [-0.15, -0.1) is 0 Å². The minimum absolute atomic E-state index is 0.596. The molecule has 2 heterocycles. The van der Waals surface area contributed by atoms with Crippen molar-refractivity contribution < 1.29 is 8.98 Å². The lowest BCUT2D eigenvalue weighted by atomic mass is 9.67. The van der Waals surface area contributed by atoms with E-state index in [0.29, 0.717) is 5.56 Å². The van der Waals surface area contributed by atoms with E-state index in [-0.39, 0.29) is 0 Å². The van der Waals surface area contributed by atoms with Crippen molar-refractivity contribution in [2.24, 2.45) is 7.05 Å². The van der Waals surface area contributed by atoms with E-state index in [0.717, 1.165) is 44.3 Å². The first-order valence-electron chi connectivity index (χ1n) is 14.2. The van der Waals surface area contributed by atoms with E-state index < -0.39 is 5.41 Å². The lowest BCUT2D eigenvalue weighted by Gasteiger charge is -2.33. The van der Waals surface area contributed by atoms with E-state index in [1.54, 1.807) is 0 Å². The number of hydrogen-bond acceptors (Lipinski definition) is 2. The molecule has 8 rings (SSSR count). The number of aryl methyl sites for hydroxylation is 2. The summed E-state index contributed by atoms with van der Waals surface area (Å²) in [7, 11) is 2.05. The molecule has 3 nitrogen and oxygen atoms in total. The molecule has 0 fully saturated rings. The fraction of sp³-hybridized carbons (Fsp3) is 0.0769. The van der Waals surface area contributed by atoms with Gasteiger partial charge in [-0.25, -0.2) is 4.57 Å². The average Bonchev–Trinajstić information content (AvgIpc) is 3.56. The van der Waals surface area contributed by atoms with Crippen molar-refractivity contribution in [3.8, 4) is 28.5 Å². The predicted molar refractivity (Wildman–Crippen MR) is 167 cm³/mol. The van der Waals surface area contributed by atoms with Gasteiger partial charge in [0, 0.05) is 28.5 Å². The standard InChI is InChI=1S/C39H27N2O/c1-25-23-26(24-40)36-30-17-12-20-33(37(30)42-38(36)35(25)34-21-10-11-22-41(34)2)39(27-13-4-3-5-14-27)31-18-8-6-15-28(31)29-16-7-9-19-32(29)39/h3-23H,1-2H3/q+1. The fourth-order valence-corrected chi connectivity index (χ4v) is 7.27. The quantitative estimate of drug-likeness (QED) is 0.211. The van der Waals surface area contributed by atoms with Crippen molar-refractivity contribution in [2.45, 2.75) is 12.3 Å². The second-order valence-electron chi connectivity index (χ2n) is 11.1. The number of fused-ring (bicyclic) bond motifs is 6. The van der Waals surface area contributed by atoms with Crippen LogP contribution in [0.5, 0.6) is 0 Å². The fourth-order valence-electron chi connectivity index (χ4n) is 7.27. The highest BCUT2D eigenvalue weighted by molar-refractivity contribution is 6.13. The van der Waals surface area contributed by atoms with Crippen LogP contribution in [0.25, 0.3) is 44.3 Å². The molecule has 0 saturated carbocycles. The maximum Gasteiger partial charge on any atom is 0.216 e. The number of hydrogen-bond donors (Lipinski definition) is 0. The SMILES string of the molecule is Cc1cc(C#N)c2c(oc3c(C4(c5ccccc5)c5ccccc5-c5ccccc54)cccc32)c1-c1cccc[n+]1C. The van der Waals surface area contributed by atoms with Crippen LogP contribution in [0.4, 0.5) is 0 Å². The number of para-hydroxylation sites is 1. The number of rotatable bonds is 3. The smallest absolute Gasteiger partial charge is 0.216 e. The zero-order chi connectivity index (χ0) is 28.4. The highest BCUT2D eigenvalue weighted by atomic mass is 16.3. The lowest BCUT2D eigenvalue weighted by Crippen LogP contribution is -2.30. The van der Waals surface area contributed by atoms with Crippen LogP contribution < -0.4 is 4.57 Å². The lowest BCUT2D eigenvalue weighted by molar-refractivity contribution is -0.660. The van der Waals surface area contributed by atoms with Gasteiger partial charge in [0.1, 0.15) is 12.6 Å². The van der Waals surface area contributed by atoms with Gasteiger partial charge in [0.05, 0.1) is 22.6 Å². The Hall–Kier alpha value is -5.46. The van der Waals surface area contributed by atoms with Crippen molar-refractivity contribution in [3.63, 3.8) is 0 Å². The Balaban J connectivity index is 1.58. The predicted octanol–water partition coefficient (Wildman–Crippen LogP) is 8.62. The molecule has 0 saturated heterocycles. The summed E-state index contributed by atoms with van der Waals surface area (Å²) >= 11 is 0. The number of benzene rings is 5. The Labute approximate surface area is 244 Å². The minimum atomic E-state index is -0.596. The van der Waals surface area contributed by atoms with Crippen LogP contribution in [-0.2, 0) is 12.5 Å². The van der Waals surface area contributed by atoms with Gasteiger partial charge in [0.25, 0.3) is 0 Å². The largest absolute Gasteiger partial charge is 0.455 e. The molecular weight excluding hydrogens is 512 g/mol. The second-order valence-corrected chi connectivity index (χ2v) is 11.1. The van der Waals surface area contributed by atoms with Gasteiger partial charge in [-0.1, -0.05) is 97.1 Å². The molecule has 5 aromatic carbocycles. The molecule has 0 spiro atoms. The summed E-state index contributed by atoms with van der Waals surface area (Å²) in [6.45, 7) is 2.06. The molecule has 1 aliphatic rings. The van der Waals surface area contributed by atoms with Gasteiger partial charge in [0.15, 0.2) is 11.8 Å². The summed E-state index contributed by atoms with van der Waals surface area (Å²) in [6.07, 6.45) is 2.05. The third kappa shape index (κ3) is 3.12. The summed E-state index contributed by atoms with van der Waals surface area (Å²) in [4.78, 5) is 0. The third-order valence-corrected chi connectivity index (χ3v) is 8.96. The summed E-state index contributed by atoms with van der Waals surface area (Å²) < 4.78 is 9.18. The first kappa shape index (κ1) is 24.3. The summed E-state index contributed by atoms with van der Waals surface area (Å²) in [5, 5.41) is 12.1. The molecule has 7 aromatic rings. The van der Waals surface area contributed by atoms with E-state index in [2.05, 4.69) is 121 Å². The van der Waals surface area contributed by atoms with Crippen LogP contribution in [0.1, 0.15) is 33.4 Å². The normalized spacial score (nSPS) is 13.2. The maximum atomic E-state index is 10.3. The first-order chi connectivity index (χ1) is 20.6. The van der Waals surface area contributed by atoms with Crippen LogP contribution >= 0.6 is 0 Å². The van der Waals surface area contributed by atoms with Crippen LogP contribution in [0.3, 0.4) is 0 Å². The van der Waals surface area contributed by atoms with Crippen LogP contribution in [-0.4, -0.2) is 0 Å². The van der Waals surface area contributed by atoms with Crippen LogP contribution in [0.15, 0.2) is 132 Å². The molecular formula is C39H27N2O+. The third-order valence-electron chi connectivity index (χ3n) is 8.96. The molecule has 0 unspecified atom stereocenters. The number of nitrogens with zero attached hydrogens (tertiary/aromatic N) is 2. The average molecular weight is 540 g/mol. The van der Waals surface area contributed by atoms with Gasteiger partial charge >= 0.3 is 0 Å². The number of pyridine rings is 1. The molecule has 0 radical (unpaired) electrons. The van der Waals surface area contributed by atoms with Gasteiger partial charge in [-0.2, -0.15) is 5.26 Å². The minimum Gasteiger partial charge on any atom is -0.455 e. The molecule has 3 heteroatoms. The Morgan fingerprint density at radius 3 is 2.02 bits per heavy atom. The number of furan rings is 1. The zero-order valence-corrected chi connectivity index (χ0v) is 23.4. The molecule has 198 valence electrons. The van der Waals surface area contributed by atoms with E-state index in [9.17, 15) is 5.26 Å². The highest BCUT2D eigenvalue weighted by Crippen LogP contribution is 2.57. The molecule has 42 heavy (non-hydrogen) atoms. The number of aromatic nitrogens is 1. The van der Waals surface area contributed by atoms with E-state index in [1.165, 1.54) is 27.8 Å². The first-order valence-corrected chi connectivity index (χ1v) is 14.2. The molecule has 0 bridgehead atoms. The highest BCUT2D eigenvalue weighted by Gasteiger charge is 2.47. The van der Waals surface area contributed by atoms with Gasteiger partial charge in [-0.05, 0) is 52.4 Å². The Morgan fingerprint density at radius 2 is 1.33 bits per heavy atom. The van der Waals surface area contributed by atoms with E-state index in [4.69, 9.17) is 4.42 Å². The van der Waals surface area contributed by atoms with Crippen molar-refractivity contribution in [3.05, 3.63) is 161 Å². The summed E-state index contributed by atoms with van der Waals surface area (Å²) in [5.74, 6) is 0. The van der Waals surface area contributed by atoms with E-state index in [1.807, 2.05) is 31.4 Å². The van der Waals surface area contributed by atoms with Crippen molar-refractivity contribution in [1.82, 2.24) is 0 Å². The maximum absolute atomic E-state index is 10.3. The van der Waals surface area contributed by atoms with Crippen molar-refractivity contribution >= 4 is 21.9 Å². The molecule has 0 aliphatic heterocycles. The zero-order valence-electron chi connectivity index (χ0n) is 23.4. The van der Waals surface area contributed by atoms with Gasteiger partial charge < -0.3 is 4.42 Å². The molecule has 0 N–H and O–H groups in total. The van der Waals surface area contributed by atoms with Gasteiger partial charge in [0.2, 0.25) is 5.69 Å². The van der Waals surface area contributed by atoms with Gasteiger partial charge in [-0.3, -0.25) is 0 Å². The van der Waals surface area contributed by atoms with Crippen LogP contribution in [0, 0.1) is 18.3 Å². The summed E-state index contributed by atoms with van der Waals surface area (Å²) in [5.41, 5.74) is 11.8. The molecule has 0 amide bonds. The van der Waals surface area contributed by atoms with E-state index >= 15 is 0 Å². The van der Waals surface area contributed by atoms with Crippen molar-refractivity contribution in [1.29, 1.82) is 5.26 Å². The van der Waals surface area contributed by atoms with Crippen molar-refractivity contribution in [2.75, 3.05) is 0 Å². The molecule has 2 aromatic heterocycles. The van der Waals surface area contributed by atoms with Crippen LogP contribution in [0.2, 0.25) is 0 Å². The topological polar surface area (TPSA) is 40.8 Å². The monoisotopic (exact) mass is 539 g/mol. The molecule has 0 atom stereocenters. The molecule has 1 aliphatic carbocycles. The Morgan fingerprint density at radius 1 is 0.690 bits per heavy atom. The number of nitriles is 1. The second kappa shape index (κ2) is 9.03.